The quantitative estimate of drug-likeness (QED) is 0.783. The Kier molecular flexibility index (Phi) is 4.08. The van der Waals surface area contributed by atoms with Crippen molar-refractivity contribution in [2.75, 3.05) is 13.1 Å². The predicted molar refractivity (Wildman–Crippen MR) is 87.2 cm³/mol. The van der Waals surface area contributed by atoms with Crippen LogP contribution in [-0.2, 0) is 15.9 Å². The monoisotopic (exact) mass is 318 g/mol. The van der Waals surface area contributed by atoms with Gasteiger partial charge in [0.15, 0.2) is 0 Å². The fourth-order valence-corrected chi connectivity index (χ4v) is 3.31. The molecule has 1 unspecified atom stereocenters. The van der Waals surface area contributed by atoms with E-state index in [4.69, 9.17) is 9.47 Å². The Labute approximate surface area is 138 Å². The van der Waals surface area contributed by atoms with Gasteiger partial charge in [-0.05, 0) is 46.1 Å². The van der Waals surface area contributed by atoms with Crippen LogP contribution in [0.3, 0.4) is 0 Å². The lowest BCUT2D eigenvalue weighted by molar-refractivity contribution is 0.0165. The van der Waals surface area contributed by atoms with Crippen molar-refractivity contribution >= 4 is 6.09 Å². The van der Waals surface area contributed by atoms with Crippen LogP contribution in [0, 0.1) is 0 Å². The molecule has 1 spiro atoms. The third-order valence-corrected chi connectivity index (χ3v) is 4.58. The highest BCUT2D eigenvalue weighted by Gasteiger charge is 2.58. The van der Waals surface area contributed by atoms with Crippen LogP contribution < -0.4 is 0 Å². The Morgan fingerprint density at radius 3 is 2.74 bits per heavy atom. The Balaban J connectivity index is 1.61. The highest BCUT2D eigenvalue weighted by Crippen LogP contribution is 2.56. The summed E-state index contributed by atoms with van der Waals surface area (Å²) in [4.78, 5) is 18.4. The smallest absolute Gasteiger partial charge is 0.410 e. The number of hydrogen-bond donors (Lipinski definition) is 0. The summed E-state index contributed by atoms with van der Waals surface area (Å²) in [6.07, 6.45) is 4.37. The minimum Gasteiger partial charge on any atom is -0.444 e. The average molecular weight is 318 g/mol. The van der Waals surface area contributed by atoms with Crippen molar-refractivity contribution in [3.8, 4) is 0 Å². The molecule has 0 radical (unpaired) electrons. The minimum absolute atomic E-state index is 0.106. The second-order valence-electron chi connectivity index (χ2n) is 7.42. The Hall–Kier alpha value is -1.62. The van der Waals surface area contributed by atoms with E-state index in [0.717, 1.165) is 25.0 Å². The van der Waals surface area contributed by atoms with Crippen LogP contribution in [0.2, 0.25) is 0 Å². The molecule has 2 aliphatic heterocycles. The van der Waals surface area contributed by atoms with Gasteiger partial charge in [0, 0.05) is 30.5 Å². The first-order chi connectivity index (χ1) is 10.8. The average Bonchev–Trinajstić information content (AvgIpc) is 3.19. The number of epoxide rings is 1. The van der Waals surface area contributed by atoms with Crippen LogP contribution in [0.4, 0.5) is 4.79 Å². The number of amides is 1. The maximum Gasteiger partial charge on any atom is 0.410 e. The molecule has 0 N–H and O–H groups in total. The zero-order valence-corrected chi connectivity index (χ0v) is 14.5. The van der Waals surface area contributed by atoms with E-state index in [0.29, 0.717) is 13.1 Å². The summed E-state index contributed by atoms with van der Waals surface area (Å²) in [5.74, 6) is 0. The molecule has 3 heterocycles. The molecular formula is C18H26N2O3. The first-order valence-electron chi connectivity index (χ1n) is 8.44. The highest BCUT2D eigenvalue weighted by atomic mass is 16.6. The number of pyridine rings is 1. The molecule has 0 bridgehead atoms. The van der Waals surface area contributed by atoms with E-state index >= 15 is 0 Å². The molecule has 0 saturated carbocycles. The van der Waals surface area contributed by atoms with Gasteiger partial charge in [0.2, 0.25) is 0 Å². The molecule has 3 rings (SSSR count). The number of rotatable bonds is 2. The van der Waals surface area contributed by atoms with Gasteiger partial charge >= 0.3 is 6.09 Å². The van der Waals surface area contributed by atoms with Gasteiger partial charge in [-0.3, -0.25) is 4.98 Å². The second kappa shape index (κ2) is 5.78. The molecule has 0 aromatic carbocycles. The van der Waals surface area contributed by atoms with Crippen molar-refractivity contribution in [2.24, 2.45) is 0 Å². The van der Waals surface area contributed by atoms with Crippen molar-refractivity contribution in [2.45, 2.75) is 64.3 Å². The topological polar surface area (TPSA) is 55.0 Å². The molecule has 1 aromatic rings. The number of piperidine rings is 1. The molecule has 126 valence electrons. The number of carbonyl (C=O) groups is 1. The van der Waals surface area contributed by atoms with Crippen LogP contribution in [0.5, 0.6) is 0 Å². The van der Waals surface area contributed by atoms with Gasteiger partial charge in [-0.15, -0.1) is 0 Å². The number of aryl methyl sites for hydroxylation is 1. The maximum absolute atomic E-state index is 12.1. The van der Waals surface area contributed by atoms with Crippen molar-refractivity contribution < 1.29 is 14.3 Å². The number of likely N-dealkylation sites (tertiary alicyclic amines) is 1. The van der Waals surface area contributed by atoms with E-state index in [1.54, 1.807) is 4.90 Å². The van der Waals surface area contributed by atoms with Gasteiger partial charge in [-0.2, -0.15) is 0 Å². The largest absolute Gasteiger partial charge is 0.444 e. The number of nitrogens with zero attached hydrogens (tertiary/aromatic N) is 2. The van der Waals surface area contributed by atoms with E-state index < -0.39 is 5.60 Å². The molecule has 1 amide bonds. The van der Waals surface area contributed by atoms with Crippen LogP contribution in [-0.4, -0.2) is 40.3 Å². The van der Waals surface area contributed by atoms with Crippen LogP contribution in [0.25, 0.3) is 0 Å². The van der Waals surface area contributed by atoms with E-state index in [1.165, 1.54) is 5.56 Å². The lowest BCUT2D eigenvalue weighted by Gasteiger charge is -2.32. The minimum atomic E-state index is -0.448. The van der Waals surface area contributed by atoms with Crippen LogP contribution >= 0.6 is 0 Å². The van der Waals surface area contributed by atoms with Crippen LogP contribution in [0.15, 0.2) is 18.3 Å². The first kappa shape index (κ1) is 16.2. The Morgan fingerprint density at radius 2 is 2.13 bits per heavy atom. The molecule has 0 aliphatic carbocycles. The molecule has 2 fully saturated rings. The summed E-state index contributed by atoms with van der Waals surface area (Å²) < 4.78 is 11.5. The number of carbonyl (C=O) groups excluding carboxylic acids is 1. The van der Waals surface area contributed by atoms with Gasteiger partial charge in [0.25, 0.3) is 0 Å². The first-order valence-corrected chi connectivity index (χ1v) is 8.44. The zero-order chi connectivity index (χ0) is 16.7. The molecule has 1 atom stereocenters. The standard InChI is InChI=1S/C18H26N2O3/c1-5-14-13(7-6-10-19-14)15-18(22-15)8-11-20(12-9-18)16(21)23-17(2,3)4/h6-7,10,15H,5,8-9,11-12H2,1-4H3. The van der Waals surface area contributed by atoms with Gasteiger partial charge in [-0.25, -0.2) is 4.79 Å². The number of hydrogen-bond acceptors (Lipinski definition) is 4. The molecule has 1 aromatic heterocycles. The van der Waals surface area contributed by atoms with E-state index in [1.807, 2.05) is 33.0 Å². The van der Waals surface area contributed by atoms with Crippen LogP contribution in [0.1, 0.15) is 57.9 Å². The molecule has 23 heavy (non-hydrogen) atoms. The van der Waals surface area contributed by atoms with E-state index in [-0.39, 0.29) is 17.8 Å². The predicted octanol–water partition coefficient (Wildman–Crippen LogP) is 3.49. The fourth-order valence-electron chi connectivity index (χ4n) is 3.31. The van der Waals surface area contributed by atoms with Crippen molar-refractivity contribution in [3.63, 3.8) is 0 Å². The third-order valence-electron chi connectivity index (χ3n) is 4.58. The molecule has 5 heteroatoms. The molecule has 5 nitrogen and oxygen atoms in total. The third kappa shape index (κ3) is 3.34. The van der Waals surface area contributed by atoms with Gasteiger partial charge < -0.3 is 14.4 Å². The maximum atomic E-state index is 12.1. The summed E-state index contributed by atoms with van der Waals surface area (Å²) in [5, 5.41) is 0. The van der Waals surface area contributed by atoms with Crippen molar-refractivity contribution in [3.05, 3.63) is 29.6 Å². The SMILES string of the molecule is CCc1ncccc1C1OC12CCN(C(=O)OC(C)(C)C)CC2. The molecule has 2 aliphatic rings. The number of aromatic nitrogens is 1. The van der Waals surface area contributed by atoms with Crippen molar-refractivity contribution in [1.82, 2.24) is 9.88 Å². The normalized spacial score (nSPS) is 23.0. The Morgan fingerprint density at radius 1 is 1.43 bits per heavy atom. The van der Waals surface area contributed by atoms with Gasteiger partial charge in [0.1, 0.15) is 17.3 Å². The molecule has 2 saturated heterocycles. The fraction of sp³-hybridized carbons (Fsp3) is 0.667. The summed E-state index contributed by atoms with van der Waals surface area (Å²) in [5.41, 5.74) is 1.77. The Bertz CT molecular complexity index is 586. The number of ether oxygens (including phenoxy) is 2. The lowest BCUT2D eigenvalue weighted by atomic mass is 9.89. The second-order valence-corrected chi connectivity index (χ2v) is 7.42. The van der Waals surface area contributed by atoms with Gasteiger partial charge in [0.05, 0.1) is 0 Å². The zero-order valence-electron chi connectivity index (χ0n) is 14.5. The molecular weight excluding hydrogens is 292 g/mol. The highest BCUT2D eigenvalue weighted by molar-refractivity contribution is 5.68. The lowest BCUT2D eigenvalue weighted by Crippen LogP contribution is -2.44. The van der Waals surface area contributed by atoms with E-state index in [2.05, 4.69) is 18.0 Å². The summed E-state index contributed by atoms with van der Waals surface area (Å²) in [6.45, 7) is 9.17. The summed E-state index contributed by atoms with van der Waals surface area (Å²) in [6, 6.07) is 4.09. The summed E-state index contributed by atoms with van der Waals surface area (Å²) >= 11 is 0. The summed E-state index contributed by atoms with van der Waals surface area (Å²) in [7, 11) is 0. The van der Waals surface area contributed by atoms with E-state index in [9.17, 15) is 4.79 Å². The van der Waals surface area contributed by atoms with Crippen molar-refractivity contribution in [1.29, 1.82) is 0 Å². The van der Waals surface area contributed by atoms with Gasteiger partial charge in [-0.1, -0.05) is 13.0 Å².